The number of halogens is 1. The normalized spacial score (nSPS) is 14.8. The Bertz CT molecular complexity index is 1970. The number of nitriles is 1. The summed E-state index contributed by atoms with van der Waals surface area (Å²) in [5.41, 5.74) is 3.01. The number of nitrogens with zero attached hydrogens (tertiary/aromatic N) is 4. The fourth-order valence-electron chi connectivity index (χ4n) is 5.17. The number of benzene rings is 2. The number of pyridine rings is 2. The minimum Gasteiger partial charge on any atom is -0.496 e. The van der Waals surface area contributed by atoms with E-state index in [9.17, 15) is 22.4 Å². The van der Waals surface area contributed by atoms with E-state index in [0.29, 0.717) is 49.9 Å². The maximum absolute atomic E-state index is 13.9. The third-order valence-corrected chi connectivity index (χ3v) is 7.70. The van der Waals surface area contributed by atoms with E-state index in [4.69, 9.17) is 4.74 Å². The molecule has 0 atom stereocenters. The summed E-state index contributed by atoms with van der Waals surface area (Å²) in [6.07, 6.45) is 2.36. The molecule has 1 saturated heterocycles. The van der Waals surface area contributed by atoms with Gasteiger partial charge in [-0.1, -0.05) is 6.07 Å². The van der Waals surface area contributed by atoms with Gasteiger partial charge in [-0.05, 0) is 37.4 Å². The van der Waals surface area contributed by atoms with Crippen molar-refractivity contribution < 1.29 is 17.0 Å². The van der Waals surface area contributed by atoms with Crippen LogP contribution in [0.25, 0.3) is 44.0 Å². The largest absolute Gasteiger partial charge is 0.496 e. The van der Waals surface area contributed by atoms with E-state index in [1.807, 2.05) is 7.05 Å². The Balaban J connectivity index is 1.73. The number of aromatic amines is 1. The Labute approximate surface area is 210 Å². The second kappa shape index (κ2) is 8.12. The van der Waals surface area contributed by atoms with Gasteiger partial charge in [-0.2, -0.15) is 13.7 Å². The van der Waals surface area contributed by atoms with Crippen LogP contribution in [0.2, 0.25) is 0 Å². The number of likely N-dealkylation sites (tertiary alicyclic amines) is 1. The molecule has 0 radical (unpaired) electrons. The zero-order valence-corrected chi connectivity index (χ0v) is 20.6. The summed E-state index contributed by atoms with van der Waals surface area (Å²) in [5, 5.41) is 11.0. The van der Waals surface area contributed by atoms with Gasteiger partial charge in [0.05, 0.1) is 41.1 Å². The van der Waals surface area contributed by atoms with E-state index >= 15 is 0 Å². The molecule has 6 rings (SSSR count). The first kappa shape index (κ1) is 23.1. The van der Waals surface area contributed by atoms with Crippen molar-refractivity contribution >= 4 is 43.1 Å². The molecule has 0 spiro atoms. The molecular formula is C26H20FN5O4S. The molecule has 37 heavy (non-hydrogen) atoms. The van der Waals surface area contributed by atoms with Gasteiger partial charge in [-0.3, -0.25) is 9.78 Å². The Morgan fingerprint density at radius 3 is 2.62 bits per heavy atom. The summed E-state index contributed by atoms with van der Waals surface area (Å²) >= 11 is 0. The highest BCUT2D eigenvalue weighted by molar-refractivity contribution is 7.86. The minimum atomic E-state index is -4.97. The summed E-state index contributed by atoms with van der Waals surface area (Å²) in [6, 6.07) is 11.9. The quantitative estimate of drug-likeness (QED) is 0.361. The van der Waals surface area contributed by atoms with Gasteiger partial charge in [0.2, 0.25) is 0 Å². The first-order valence-electron chi connectivity index (χ1n) is 11.4. The average Bonchev–Trinajstić information content (AvgIpc) is 3.25. The van der Waals surface area contributed by atoms with Crippen molar-refractivity contribution in [2.75, 3.05) is 27.2 Å². The van der Waals surface area contributed by atoms with Gasteiger partial charge >= 0.3 is 10.2 Å². The fraction of sp³-hybridized carbons (Fsp3) is 0.192. The molecule has 0 saturated carbocycles. The van der Waals surface area contributed by atoms with Gasteiger partial charge in [0.1, 0.15) is 16.3 Å². The van der Waals surface area contributed by atoms with Gasteiger partial charge < -0.3 is 19.2 Å². The smallest absolute Gasteiger partial charge is 0.333 e. The summed E-state index contributed by atoms with van der Waals surface area (Å²) in [7, 11) is -1.51. The first-order chi connectivity index (χ1) is 17.7. The molecule has 1 aliphatic rings. The van der Waals surface area contributed by atoms with Crippen molar-refractivity contribution in [3.8, 4) is 22.9 Å². The van der Waals surface area contributed by atoms with Crippen LogP contribution in [0.1, 0.15) is 11.6 Å². The predicted octanol–water partition coefficient (Wildman–Crippen LogP) is 3.72. The highest BCUT2D eigenvalue weighted by Gasteiger charge is 2.30. The van der Waals surface area contributed by atoms with E-state index < -0.39 is 15.1 Å². The lowest BCUT2D eigenvalue weighted by Gasteiger charge is -2.39. The van der Waals surface area contributed by atoms with Gasteiger partial charge in [0.25, 0.3) is 0 Å². The van der Waals surface area contributed by atoms with Gasteiger partial charge in [0.15, 0.2) is 5.43 Å². The number of fused-ring (bicyclic) bond motifs is 4. The molecule has 11 heteroatoms. The Morgan fingerprint density at radius 1 is 1.16 bits per heavy atom. The van der Waals surface area contributed by atoms with Crippen LogP contribution in [-0.4, -0.2) is 55.1 Å². The third kappa shape index (κ3) is 3.56. The lowest BCUT2D eigenvalue weighted by molar-refractivity contribution is 0.146. The molecule has 9 nitrogen and oxygen atoms in total. The van der Waals surface area contributed by atoms with Crippen LogP contribution < -0.4 is 10.2 Å². The SMILES string of the molecule is COc1cc2c(=O)c3c4ccc(C#N)cc4[nH]c3n(C3CN(C)C3)c2cc1-c1cncc(S(=O)(=O)F)c1. The number of likely N-dealkylation sites (N-methyl/N-ethyl adjacent to an activating group) is 1. The molecule has 0 aliphatic carbocycles. The van der Waals surface area contributed by atoms with Crippen molar-refractivity contribution in [2.45, 2.75) is 10.9 Å². The number of H-pyrrole nitrogens is 1. The number of rotatable bonds is 4. The highest BCUT2D eigenvalue weighted by atomic mass is 32.3. The number of aromatic nitrogens is 3. The maximum Gasteiger partial charge on any atom is 0.333 e. The molecule has 1 aliphatic heterocycles. The minimum absolute atomic E-state index is 0.0519. The number of hydrogen-bond donors (Lipinski definition) is 1. The first-order valence-corrected chi connectivity index (χ1v) is 12.8. The van der Waals surface area contributed by atoms with Crippen molar-refractivity contribution in [1.29, 1.82) is 5.26 Å². The monoisotopic (exact) mass is 517 g/mol. The lowest BCUT2D eigenvalue weighted by Crippen LogP contribution is -2.45. The average molecular weight is 518 g/mol. The summed E-state index contributed by atoms with van der Waals surface area (Å²) in [6.45, 7) is 1.51. The zero-order valence-electron chi connectivity index (χ0n) is 19.8. The third-order valence-electron chi connectivity index (χ3n) is 6.91. The highest BCUT2D eigenvalue weighted by Crippen LogP contribution is 2.38. The Kier molecular flexibility index (Phi) is 5.08. The van der Waals surface area contributed by atoms with Crippen LogP contribution in [0.3, 0.4) is 0 Å². The van der Waals surface area contributed by atoms with E-state index in [1.54, 1.807) is 30.3 Å². The number of nitrogens with one attached hydrogen (secondary N) is 1. The molecule has 3 aromatic heterocycles. The topological polar surface area (TPSA) is 121 Å². The molecule has 186 valence electrons. The lowest BCUT2D eigenvalue weighted by atomic mass is 10.0. The van der Waals surface area contributed by atoms with E-state index in [1.165, 1.54) is 19.4 Å². The number of ether oxygens (including phenoxy) is 1. The Hall–Kier alpha value is -4.27. The molecule has 0 unspecified atom stereocenters. The summed E-state index contributed by atoms with van der Waals surface area (Å²) < 4.78 is 44.4. The molecule has 0 amide bonds. The maximum atomic E-state index is 13.9. The van der Waals surface area contributed by atoms with Crippen molar-refractivity contribution in [3.63, 3.8) is 0 Å². The molecule has 4 heterocycles. The van der Waals surface area contributed by atoms with Crippen LogP contribution in [-0.2, 0) is 10.2 Å². The predicted molar refractivity (Wildman–Crippen MR) is 137 cm³/mol. The Morgan fingerprint density at radius 2 is 1.95 bits per heavy atom. The van der Waals surface area contributed by atoms with Crippen LogP contribution in [0, 0.1) is 11.3 Å². The van der Waals surface area contributed by atoms with Crippen LogP contribution in [0.4, 0.5) is 3.89 Å². The molecule has 2 aromatic carbocycles. The second-order valence-electron chi connectivity index (χ2n) is 9.21. The summed E-state index contributed by atoms with van der Waals surface area (Å²) in [4.78, 5) is 22.7. The van der Waals surface area contributed by atoms with Crippen LogP contribution in [0.5, 0.6) is 5.75 Å². The molecule has 5 aromatic rings. The second-order valence-corrected chi connectivity index (χ2v) is 10.6. The van der Waals surface area contributed by atoms with Crippen LogP contribution >= 0.6 is 0 Å². The van der Waals surface area contributed by atoms with Gasteiger partial charge in [-0.15, -0.1) is 3.89 Å². The fourth-order valence-corrected chi connectivity index (χ4v) is 5.63. The molecular weight excluding hydrogens is 497 g/mol. The van der Waals surface area contributed by atoms with Gasteiger partial charge in [-0.25, -0.2) is 0 Å². The van der Waals surface area contributed by atoms with Gasteiger partial charge in [0, 0.05) is 47.5 Å². The van der Waals surface area contributed by atoms with Crippen molar-refractivity contribution in [1.82, 2.24) is 19.4 Å². The van der Waals surface area contributed by atoms with E-state index in [2.05, 4.69) is 25.5 Å². The number of methoxy groups -OCH3 is 1. The standard InChI is InChI=1S/C26H20FN5O4S/c1-31-12-16(13-31)32-22-7-19(15-6-17(11-29-10-15)37(27,34)35)23(36-2)8-20(22)25(33)24-18-4-3-14(9-28)5-21(18)30-26(24)32/h3-8,10-11,16,30H,12-13H2,1-2H3. The summed E-state index contributed by atoms with van der Waals surface area (Å²) in [5.74, 6) is 0.322. The zero-order chi connectivity index (χ0) is 26.1. The van der Waals surface area contributed by atoms with E-state index in [0.717, 1.165) is 24.7 Å². The molecule has 1 fully saturated rings. The van der Waals surface area contributed by atoms with Crippen molar-refractivity contribution in [3.05, 3.63) is 64.6 Å². The van der Waals surface area contributed by atoms with E-state index in [-0.39, 0.29) is 11.5 Å². The molecule has 1 N–H and O–H groups in total. The van der Waals surface area contributed by atoms with Crippen LogP contribution in [0.15, 0.2) is 58.5 Å². The molecule has 0 bridgehead atoms. The van der Waals surface area contributed by atoms with Crippen molar-refractivity contribution in [2.24, 2.45) is 0 Å². The number of hydrogen-bond acceptors (Lipinski definition) is 7.